The van der Waals surface area contributed by atoms with Crippen molar-refractivity contribution in [3.8, 4) is 5.75 Å². The van der Waals surface area contributed by atoms with Crippen LogP contribution in [0.15, 0.2) is 48.5 Å². The summed E-state index contributed by atoms with van der Waals surface area (Å²) in [4.78, 5) is 2.69. The average molecular weight is 336 g/mol. The second-order valence-electron chi connectivity index (χ2n) is 7.49. The van der Waals surface area contributed by atoms with E-state index in [2.05, 4.69) is 59.6 Å². The monoisotopic (exact) mass is 336 g/mol. The number of methoxy groups -OCH3 is 1. The molecule has 3 heteroatoms. The molecule has 3 atom stereocenters. The summed E-state index contributed by atoms with van der Waals surface area (Å²) in [7, 11) is 1.75. The zero-order valence-corrected chi connectivity index (χ0v) is 15.2. The van der Waals surface area contributed by atoms with Crippen LogP contribution < -0.4 is 10.1 Å². The maximum atomic E-state index is 5.45. The van der Waals surface area contributed by atoms with E-state index < -0.39 is 0 Å². The third kappa shape index (κ3) is 3.44. The molecule has 0 bridgehead atoms. The lowest BCUT2D eigenvalue weighted by Gasteiger charge is -2.33. The van der Waals surface area contributed by atoms with Gasteiger partial charge in [-0.2, -0.15) is 0 Å². The Morgan fingerprint density at radius 3 is 2.88 bits per heavy atom. The predicted molar refractivity (Wildman–Crippen MR) is 102 cm³/mol. The Hall–Kier alpha value is -1.84. The van der Waals surface area contributed by atoms with Crippen molar-refractivity contribution in [1.29, 1.82) is 0 Å². The molecule has 2 aliphatic rings. The molecule has 0 aliphatic carbocycles. The van der Waals surface area contributed by atoms with Crippen molar-refractivity contribution in [2.75, 3.05) is 20.2 Å². The molecule has 0 saturated carbocycles. The first kappa shape index (κ1) is 16.6. The van der Waals surface area contributed by atoms with E-state index in [0.29, 0.717) is 18.0 Å². The van der Waals surface area contributed by atoms with Crippen LogP contribution in [-0.4, -0.2) is 37.2 Å². The second-order valence-corrected chi connectivity index (χ2v) is 7.49. The normalized spacial score (nSPS) is 26.4. The van der Waals surface area contributed by atoms with Crippen molar-refractivity contribution in [2.24, 2.45) is 0 Å². The van der Waals surface area contributed by atoms with Crippen LogP contribution in [0.1, 0.15) is 35.4 Å². The SMILES string of the molecule is COc1cccc([C@H]2CN(Cc3cccc(C)c3)[C@@H]3CCCN[C@H]23)c1. The number of aryl methyl sites for hydroxylation is 1. The minimum Gasteiger partial charge on any atom is -0.497 e. The van der Waals surface area contributed by atoms with E-state index >= 15 is 0 Å². The summed E-state index contributed by atoms with van der Waals surface area (Å²) in [5.41, 5.74) is 4.17. The maximum absolute atomic E-state index is 5.45. The van der Waals surface area contributed by atoms with E-state index in [9.17, 15) is 0 Å². The first-order valence-corrected chi connectivity index (χ1v) is 9.41. The van der Waals surface area contributed by atoms with Gasteiger partial charge in [-0.05, 0) is 49.6 Å². The van der Waals surface area contributed by atoms with Crippen LogP contribution in [0, 0.1) is 6.92 Å². The lowest BCUT2D eigenvalue weighted by Crippen LogP contribution is -2.48. The Balaban J connectivity index is 1.59. The summed E-state index contributed by atoms with van der Waals surface area (Å²) in [6.45, 7) is 5.48. The van der Waals surface area contributed by atoms with Crippen LogP contribution in [0.5, 0.6) is 5.75 Å². The second kappa shape index (κ2) is 7.19. The molecule has 0 amide bonds. The highest BCUT2D eigenvalue weighted by molar-refractivity contribution is 5.34. The number of fused-ring (bicyclic) bond motifs is 1. The van der Waals surface area contributed by atoms with E-state index in [1.54, 1.807) is 7.11 Å². The minimum absolute atomic E-state index is 0.533. The van der Waals surface area contributed by atoms with Crippen LogP contribution in [0.25, 0.3) is 0 Å². The molecule has 4 rings (SSSR count). The number of hydrogen-bond acceptors (Lipinski definition) is 3. The molecule has 2 aliphatic heterocycles. The van der Waals surface area contributed by atoms with Gasteiger partial charge in [0.05, 0.1) is 7.11 Å². The molecule has 25 heavy (non-hydrogen) atoms. The number of piperidine rings is 1. The Labute approximate surface area is 151 Å². The summed E-state index contributed by atoms with van der Waals surface area (Å²) in [5, 5.41) is 3.81. The highest BCUT2D eigenvalue weighted by Crippen LogP contribution is 2.37. The topological polar surface area (TPSA) is 24.5 Å². The van der Waals surface area contributed by atoms with Gasteiger partial charge < -0.3 is 10.1 Å². The molecule has 2 heterocycles. The Morgan fingerprint density at radius 2 is 2.04 bits per heavy atom. The zero-order valence-electron chi connectivity index (χ0n) is 15.2. The molecule has 0 aromatic heterocycles. The van der Waals surface area contributed by atoms with Gasteiger partial charge in [-0.3, -0.25) is 4.90 Å². The van der Waals surface area contributed by atoms with Crippen molar-refractivity contribution < 1.29 is 4.74 Å². The number of rotatable bonds is 4. The molecule has 0 unspecified atom stereocenters. The number of ether oxygens (including phenoxy) is 1. The number of nitrogens with zero attached hydrogens (tertiary/aromatic N) is 1. The van der Waals surface area contributed by atoms with E-state index in [0.717, 1.165) is 25.4 Å². The predicted octanol–water partition coefficient (Wildman–Crippen LogP) is 3.72. The van der Waals surface area contributed by atoms with Gasteiger partial charge in [-0.1, -0.05) is 42.0 Å². The number of likely N-dealkylation sites (tertiary alicyclic amines) is 1. The van der Waals surface area contributed by atoms with Gasteiger partial charge in [0.25, 0.3) is 0 Å². The van der Waals surface area contributed by atoms with Gasteiger partial charge in [0.15, 0.2) is 0 Å². The van der Waals surface area contributed by atoms with Gasteiger partial charge >= 0.3 is 0 Å². The third-order valence-electron chi connectivity index (χ3n) is 5.80. The highest BCUT2D eigenvalue weighted by atomic mass is 16.5. The fraction of sp³-hybridized carbons (Fsp3) is 0.455. The number of nitrogens with one attached hydrogen (secondary N) is 1. The fourth-order valence-electron chi connectivity index (χ4n) is 4.63. The molecule has 2 aromatic carbocycles. The van der Waals surface area contributed by atoms with Crippen LogP contribution in [0.4, 0.5) is 0 Å². The molecule has 1 N–H and O–H groups in total. The summed E-state index contributed by atoms with van der Waals surface area (Å²) in [6, 6.07) is 18.8. The van der Waals surface area contributed by atoms with Crippen molar-refractivity contribution in [1.82, 2.24) is 10.2 Å². The smallest absolute Gasteiger partial charge is 0.119 e. The minimum atomic E-state index is 0.533. The molecule has 3 nitrogen and oxygen atoms in total. The molecular weight excluding hydrogens is 308 g/mol. The van der Waals surface area contributed by atoms with Crippen molar-refractivity contribution >= 4 is 0 Å². The van der Waals surface area contributed by atoms with E-state index in [1.165, 1.54) is 29.5 Å². The molecule has 2 saturated heterocycles. The van der Waals surface area contributed by atoms with Crippen LogP contribution >= 0.6 is 0 Å². The van der Waals surface area contributed by atoms with E-state index in [4.69, 9.17) is 4.74 Å². The van der Waals surface area contributed by atoms with E-state index in [-0.39, 0.29) is 0 Å². The van der Waals surface area contributed by atoms with E-state index in [1.807, 2.05) is 6.07 Å². The number of benzene rings is 2. The average Bonchev–Trinajstić information content (AvgIpc) is 3.01. The van der Waals surface area contributed by atoms with Crippen molar-refractivity contribution in [3.63, 3.8) is 0 Å². The quantitative estimate of drug-likeness (QED) is 0.921. The molecule has 0 radical (unpaired) electrons. The Bertz CT molecular complexity index is 729. The van der Waals surface area contributed by atoms with Crippen LogP contribution in [-0.2, 0) is 6.54 Å². The maximum Gasteiger partial charge on any atom is 0.119 e. The largest absolute Gasteiger partial charge is 0.497 e. The van der Waals surface area contributed by atoms with Gasteiger partial charge in [0.2, 0.25) is 0 Å². The van der Waals surface area contributed by atoms with Gasteiger partial charge in [0.1, 0.15) is 5.75 Å². The summed E-state index contributed by atoms with van der Waals surface area (Å²) >= 11 is 0. The first-order chi connectivity index (χ1) is 12.2. The van der Waals surface area contributed by atoms with Crippen molar-refractivity contribution in [2.45, 2.75) is 44.3 Å². The standard InChI is InChI=1S/C22H28N2O/c1-16-6-3-7-17(12-16)14-24-15-20(22-21(24)10-5-11-23-22)18-8-4-9-19(13-18)25-2/h3-4,6-9,12-13,20-23H,5,10-11,14-15H2,1-2H3/t20-,21-,22-/m1/s1. The highest BCUT2D eigenvalue weighted by Gasteiger charge is 2.43. The lowest BCUT2D eigenvalue weighted by atomic mass is 9.87. The summed E-state index contributed by atoms with van der Waals surface area (Å²) < 4.78 is 5.45. The Kier molecular flexibility index (Phi) is 4.78. The molecule has 2 fully saturated rings. The zero-order chi connectivity index (χ0) is 17.2. The van der Waals surface area contributed by atoms with Crippen LogP contribution in [0.2, 0.25) is 0 Å². The lowest BCUT2D eigenvalue weighted by molar-refractivity contribution is 0.194. The van der Waals surface area contributed by atoms with Gasteiger partial charge in [-0.25, -0.2) is 0 Å². The van der Waals surface area contributed by atoms with Crippen molar-refractivity contribution in [3.05, 3.63) is 65.2 Å². The molecule has 0 spiro atoms. The first-order valence-electron chi connectivity index (χ1n) is 9.41. The third-order valence-corrected chi connectivity index (χ3v) is 5.80. The molecule has 132 valence electrons. The summed E-state index contributed by atoms with van der Waals surface area (Å²) in [6.07, 6.45) is 2.57. The molecule has 2 aromatic rings. The Morgan fingerprint density at radius 1 is 1.16 bits per heavy atom. The fourth-order valence-corrected chi connectivity index (χ4v) is 4.63. The molecular formula is C22H28N2O. The number of hydrogen-bond donors (Lipinski definition) is 1. The van der Waals surface area contributed by atoms with Crippen LogP contribution in [0.3, 0.4) is 0 Å². The summed E-state index contributed by atoms with van der Waals surface area (Å²) in [5.74, 6) is 1.49. The van der Waals surface area contributed by atoms with Gasteiger partial charge in [0, 0.05) is 31.1 Å². The van der Waals surface area contributed by atoms with Gasteiger partial charge in [-0.15, -0.1) is 0 Å².